The van der Waals surface area contributed by atoms with Crippen LogP contribution in [0.2, 0.25) is 0 Å². The molecule has 0 aliphatic carbocycles. The zero-order chi connectivity index (χ0) is 8.69. The molecule has 3 heteroatoms. The van der Waals surface area contributed by atoms with Crippen LogP contribution in [-0.2, 0) is 4.74 Å². The molecular weight excluding hydrogens is 158 g/mol. The summed E-state index contributed by atoms with van der Waals surface area (Å²) >= 11 is 1.93. The topological polar surface area (TPSA) is 35.2 Å². The van der Waals surface area contributed by atoms with Crippen LogP contribution in [0, 0.1) is 0 Å². The highest BCUT2D eigenvalue weighted by Gasteiger charge is 2.06. The molecule has 0 saturated carbocycles. The molecule has 0 aromatic heterocycles. The molecule has 0 aliphatic rings. The predicted molar refractivity (Wildman–Crippen MR) is 52.1 cm³/mol. The van der Waals surface area contributed by atoms with E-state index >= 15 is 0 Å². The Morgan fingerprint density at radius 2 is 2.00 bits per heavy atom. The standard InChI is InChI=1S/C8H19NOS/c1-7(4-5-10-3)11-8(2)6-9/h7-8H,4-6,9H2,1-3H3. The first-order chi connectivity index (χ1) is 5.20. The molecule has 2 atom stereocenters. The van der Waals surface area contributed by atoms with Crippen LogP contribution in [0.3, 0.4) is 0 Å². The fourth-order valence-electron chi connectivity index (χ4n) is 0.804. The summed E-state index contributed by atoms with van der Waals surface area (Å²) in [5.74, 6) is 0. The summed E-state index contributed by atoms with van der Waals surface area (Å²) in [6, 6.07) is 0. The smallest absolute Gasteiger partial charge is 0.0472 e. The van der Waals surface area contributed by atoms with Crippen LogP contribution in [0.1, 0.15) is 20.3 Å². The van der Waals surface area contributed by atoms with Gasteiger partial charge in [-0.25, -0.2) is 0 Å². The Hall–Kier alpha value is 0.270. The van der Waals surface area contributed by atoms with Gasteiger partial charge in [-0.05, 0) is 6.42 Å². The molecule has 0 heterocycles. The number of methoxy groups -OCH3 is 1. The van der Waals surface area contributed by atoms with E-state index in [0.717, 1.165) is 19.6 Å². The monoisotopic (exact) mass is 177 g/mol. The summed E-state index contributed by atoms with van der Waals surface area (Å²) in [7, 11) is 1.74. The van der Waals surface area contributed by atoms with E-state index < -0.39 is 0 Å². The molecular formula is C8H19NOS. The highest BCUT2D eigenvalue weighted by atomic mass is 32.2. The van der Waals surface area contributed by atoms with Crippen molar-refractivity contribution in [2.75, 3.05) is 20.3 Å². The van der Waals surface area contributed by atoms with Crippen LogP contribution >= 0.6 is 11.8 Å². The van der Waals surface area contributed by atoms with Crippen molar-refractivity contribution in [2.45, 2.75) is 30.8 Å². The van der Waals surface area contributed by atoms with Crippen LogP contribution in [-0.4, -0.2) is 30.8 Å². The molecule has 0 amide bonds. The maximum Gasteiger partial charge on any atom is 0.0472 e. The van der Waals surface area contributed by atoms with Gasteiger partial charge in [-0.2, -0.15) is 11.8 Å². The summed E-state index contributed by atoms with van der Waals surface area (Å²) < 4.78 is 4.98. The molecule has 0 aromatic carbocycles. The first kappa shape index (κ1) is 11.3. The van der Waals surface area contributed by atoms with Gasteiger partial charge in [0.05, 0.1) is 0 Å². The second-order valence-electron chi connectivity index (χ2n) is 2.77. The van der Waals surface area contributed by atoms with Crippen molar-refractivity contribution < 1.29 is 4.74 Å². The second kappa shape index (κ2) is 6.95. The summed E-state index contributed by atoms with van der Waals surface area (Å²) in [5, 5.41) is 1.23. The number of ether oxygens (including phenoxy) is 1. The van der Waals surface area contributed by atoms with Crippen molar-refractivity contribution in [3.8, 4) is 0 Å². The quantitative estimate of drug-likeness (QED) is 0.667. The molecule has 0 spiro atoms. The molecule has 2 nitrogen and oxygen atoms in total. The largest absolute Gasteiger partial charge is 0.385 e. The van der Waals surface area contributed by atoms with E-state index in [2.05, 4.69) is 13.8 Å². The molecule has 0 rings (SSSR count). The highest BCUT2D eigenvalue weighted by molar-refractivity contribution is 8.00. The lowest BCUT2D eigenvalue weighted by atomic mass is 10.3. The van der Waals surface area contributed by atoms with Crippen LogP contribution in [0.25, 0.3) is 0 Å². The molecule has 0 saturated heterocycles. The number of rotatable bonds is 6. The van der Waals surface area contributed by atoms with Gasteiger partial charge in [0.1, 0.15) is 0 Å². The van der Waals surface area contributed by atoms with Gasteiger partial charge in [-0.3, -0.25) is 0 Å². The van der Waals surface area contributed by atoms with E-state index in [9.17, 15) is 0 Å². The van der Waals surface area contributed by atoms with E-state index in [1.807, 2.05) is 11.8 Å². The molecule has 0 fully saturated rings. The first-order valence-electron chi connectivity index (χ1n) is 4.05. The molecule has 0 bridgehead atoms. The fourth-order valence-corrected chi connectivity index (χ4v) is 1.94. The van der Waals surface area contributed by atoms with Crippen molar-refractivity contribution in [2.24, 2.45) is 5.73 Å². The lowest BCUT2D eigenvalue weighted by Gasteiger charge is -2.14. The zero-order valence-electron chi connectivity index (χ0n) is 7.67. The van der Waals surface area contributed by atoms with Gasteiger partial charge in [0.2, 0.25) is 0 Å². The maximum atomic E-state index is 5.50. The second-order valence-corrected chi connectivity index (χ2v) is 4.66. The van der Waals surface area contributed by atoms with Crippen LogP contribution in [0.15, 0.2) is 0 Å². The van der Waals surface area contributed by atoms with Gasteiger partial charge in [0.15, 0.2) is 0 Å². The Bertz CT molecular complexity index is 90.2. The highest BCUT2D eigenvalue weighted by Crippen LogP contribution is 2.18. The normalized spacial score (nSPS) is 16.4. The predicted octanol–water partition coefficient (Wildman–Crippen LogP) is 1.49. The number of hydrogen-bond acceptors (Lipinski definition) is 3. The minimum Gasteiger partial charge on any atom is -0.385 e. The Morgan fingerprint density at radius 1 is 1.36 bits per heavy atom. The third-order valence-electron chi connectivity index (χ3n) is 1.53. The van der Waals surface area contributed by atoms with Crippen molar-refractivity contribution in [1.29, 1.82) is 0 Å². The third kappa shape index (κ3) is 6.66. The summed E-state index contributed by atoms with van der Waals surface area (Å²) in [6.07, 6.45) is 1.12. The average Bonchev–Trinajstić information content (AvgIpc) is 2.00. The third-order valence-corrected chi connectivity index (χ3v) is 2.88. The summed E-state index contributed by atoms with van der Waals surface area (Å²) in [4.78, 5) is 0. The Kier molecular flexibility index (Phi) is 7.12. The minimum absolute atomic E-state index is 0.571. The van der Waals surface area contributed by atoms with Gasteiger partial charge >= 0.3 is 0 Å². The average molecular weight is 177 g/mol. The van der Waals surface area contributed by atoms with E-state index in [-0.39, 0.29) is 0 Å². The molecule has 68 valence electrons. The van der Waals surface area contributed by atoms with E-state index in [1.165, 1.54) is 0 Å². The Morgan fingerprint density at radius 3 is 2.45 bits per heavy atom. The van der Waals surface area contributed by atoms with Gasteiger partial charge < -0.3 is 10.5 Å². The number of thioether (sulfide) groups is 1. The van der Waals surface area contributed by atoms with Crippen LogP contribution in [0.5, 0.6) is 0 Å². The molecule has 0 aliphatic heterocycles. The molecule has 0 aromatic rings. The van der Waals surface area contributed by atoms with Crippen LogP contribution in [0.4, 0.5) is 0 Å². The van der Waals surface area contributed by atoms with Gasteiger partial charge in [0, 0.05) is 30.8 Å². The Labute approximate surface area is 73.9 Å². The van der Waals surface area contributed by atoms with Crippen molar-refractivity contribution in [3.63, 3.8) is 0 Å². The molecule has 11 heavy (non-hydrogen) atoms. The van der Waals surface area contributed by atoms with Gasteiger partial charge in [-0.15, -0.1) is 0 Å². The zero-order valence-corrected chi connectivity index (χ0v) is 8.49. The maximum absolute atomic E-state index is 5.50. The van der Waals surface area contributed by atoms with E-state index in [0.29, 0.717) is 10.5 Å². The molecule has 2 N–H and O–H groups in total. The summed E-state index contributed by atoms with van der Waals surface area (Å²) in [5.41, 5.74) is 5.50. The Balaban J connectivity index is 3.27. The molecule has 2 unspecified atom stereocenters. The van der Waals surface area contributed by atoms with Crippen molar-refractivity contribution in [1.82, 2.24) is 0 Å². The van der Waals surface area contributed by atoms with Crippen molar-refractivity contribution in [3.05, 3.63) is 0 Å². The van der Waals surface area contributed by atoms with E-state index in [4.69, 9.17) is 10.5 Å². The minimum atomic E-state index is 0.571. The SMILES string of the molecule is COCCC(C)SC(C)CN. The van der Waals surface area contributed by atoms with Gasteiger partial charge in [0.25, 0.3) is 0 Å². The lowest BCUT2D eigenvalue weighted by molar-refractivity contribution is 0.195. The lowest BCUT2D eigenvalue weighted by Crippen LogP contribution is -2.16. The summed E-state index contributed by atoms with van der Waals surface area (Å²) in [6.45, 7) is 6.00. The van der Waals surface area contributed by atoms with Gasteiger partial charge in [-0.1, -0.05) is 13.8 Å². The van der Waals surface area contributed by atoms with Crippen LogP contribution < -0.4 is 5.73 Å². The van der Waals surface area contributed by atoms with Crippen molar-refractivity contribution >= 4 is 11.8 Å². The number of nitrogens with two attached hydrogens (primary N) is 1. The molecule has 0 radical (unpaired) electrons. The first-order valence-corrected chi connectivity index (χ1v) is 4.99. The van der Waals surface area contributed by atoms with E-state index in [1.54, 1.807) is 7.11 Å². The fraction of sp³-hybridized carbons (Fsp3) is 1.00. The number of hydrogen-bond donors (Lipinski definition) is 1.